The Morgan fingerprint density at radius 1 is 1.55 bits per heavy atom. The van der Waals surface area contributed by atoms with E-state index < -0.39 is 6.16 Å². The Kier molecular flexibility index (Phi) is 7.95. The Morgan fingerprint density at radius 3 is 2.82 bits per heavy atom. The van der Waals surface area contributed by atoms with Gasteiger partial charge in [0.25, 0.3) is 0 Å². The van der Waals surface area contributed by atoms with E-state index in [-0.39, 0.29) is 0 Å². The molecule has 0 amide bonds. The van der Waals surface area contributed by atoms with Gasteiger partial charge in [-0.05, 0) is 6.42 Å². The Hall–Kier alpha value is -0.0900. The van der Waals surface area contributed by atoms with Crippen LogP contribution >= 0.6 is 21.9 Å². The maximum atomic E-state index is 10.5. The molecule has 0 atom stereocenters. The predicted octanol–water partition coefficient (Wildman–Crippen LogP) is 3.13. The Bertz CT molecular complexity index is 110. The number of carbonyl (C=O) groups is 1. The molecular formula is C6H11ClO3S. The molecule has 0 saturated carbocycles. The Balaban J connectivity index is 3.04. The van der Waals surface area contributed by atoms with Gasteiger partial charge in [0.1, 0.15) is 0 Å². The van der Waals surface area contributed by atoms with E-state index in [1.165, 1.54) is 0 Å². The second-order valence-corrected chi connectivity index (χ2v) is 2.62. The van der Waals surface area contributed by atoms with E-state index in [1.54, 1.807) is 0 Å². The molecule has 66 valence electrons. The molecule has 0 aromatic rings. The fraction of sp³-hybridized carbons (Fsp3) is 0.833. The van der Waals surface area contributed by atoms with Crippen LogP contribution in [0.3, 0.4) is 0 Å². The fourth-order valence-electron chi connectivity index (χ4n) is 0.557. The van der Waals surface area contributed by atoms with Crippen molar-refractivity contribution in [2.75, 3.05) is 6.61 Å². The van der Waals surface area contributed by atoms with Crippen LogP contribution in [0.25, 0.3) is 0 Å². The molecule has 0 aromatic heterocycles. The first-order valence-electron chi connectivity index (χ1n) is 3.43. The average molecular weight is 199 g/mol. The van der Waals surface area contributed by atoms with Crippen LogP contribution in [-0.4, -0.2) is 12.8 Å². The number of carbonyl (C=O) groups excluding carboxylic acids is 1. The maximum absolute atomic E-state index is 10.5. The summed E-state index contributed by atoms with van der Waals surface area (Å²) in [5, 5.41) is 0. The first kappa shape index (κ1) is 10.9. The molecule has 0 spiro atoms. The van der Waals surface area contributed by atoms with Crippen molar-refractivity contribution in [1.82, 2.24) is 0 Å². The zero-order valence-corrected chi connectivity index (χ0v) is 7.91. The zero-order valence-electron chi connectivity index (χ0n) is 6.34. The molecule has 0 aliphatic carbocycles. The summed E-state index contributed by atoms with van der Waals surface area (Å²) >= 11 is 0.471. The topological polar surface area (TPSA) is 35.5 Å². The smallest absolute Gasteiger partial charge is 0.434 e. The van der Waals surface area contributed by atoms with Crippen LogP contribution in [0.5, 0.6) is 0 Å². The van der Waals surface area contributed by atoms with Gasteiger partial charge in [0.2, 0.25) is 0 Å². The summed E-state index contributed by atoms with van der Waals surface area (Å²) in [7, 11) is 5.03. The van der Waals surface area contributed by atoms with Crippen LogP contribution in [0.15, 0.2) is 0 Å². The molecule has 0 N–H and O–H groups in total. The van der Waals surface area contributed by atoms with Gasteiger partial charge in [-0.3, -0.25) is 0 Å². The van der Waals surface area contributed by atoms with Crippen molar-refractivity contribution in [3.63, 3.8) is 0 Å². The first-order chi connectivity index (χ1) is 5.31. The quantitative estimate of drug-likeness (QED) is 0.386. The molecular weight excluding hydrogens is 188 g/mol. The molecule has 0 aliphatic rings. The summed E-state index contributed by atoms with van der Waals surface area (Å²) in [5.41, 5.74) is 0. The van der Waals surface area contributed by atoms with Crippen LogP contribution in [0.2, 0.25) is 0 Å². The zero-order chi connectivity index (χ0) is 8.53. The standard InChI is InChI=1S/C6H11ClO3S/c1-2-3-4-5-9-6(8)10-11-7/h2-5H2,1H3. The highest BCUT2D eigenvalue weighted by Gasteiger charge is 2.01. The summed E-state index contributed by atoms with van der Waals surface area (Å²) in [6.07, 6.45) is 2.31. The van der Waals surface area contributed by atoms with Crippen molar-refractivity contribution in [2.45, 2.75) is 26.2 Å². The van der Waals surface area contributed by atoms with Crippen molar-refractivity contribution < 1.29 is 13.7 Å². The fourth-order valence-corrected chi connectivity index (χ4v) is 0.811. The highest BCUT2D eigenvalue weighted by atomic mass is 35.7. The van der Waals surface area contributed by atoms with Gasteiger partial charge in [0, 0.05) is 10.7 Å². The van der Waals surface area contributed by atoms with Crippen molar-refractivity contribution in [3.8, 4) is 0 Å². The minimum atomic E-state index is -0.721. The summed E-state index contributed by atoms with van der Waals surface area (Å²) in [6.45, 7) is 2.48. The lowest BCUT2D eigenvalue weighted by Crippen LogP contribution is -2.03. The summed E-state index contributed by atoms with van der Waals surface area (Å²) < 4.78 is 8.86. The number of hydrogen-bond donors (Lipinski definition) is 0. The molecule has 0 aromatic carbocycles. The van der Waals surface area contributed by atoms with Crippen LogP contribution in [0.4, 0.5) is 4.79 Å². The van der Waals surface area contributed by atoms with E-state index in [1.807, 2.05) is 0 Å². The summed E-state index contributed by atoms with van der Waals surface area (Å²) in [6, 6.07) is 0. The van der Waals surface area contributed by atoms with Gasteiger partial charge in [-0.15, -0.1) is 0 Å². The Labute approximate surface area is 75.1 Å². The van der Waals surface area contributed by atoms with Crippen LogP contribution < -0.4 is 0 Å². The Morgan fingerprint density at radius 2 is 2.27 bits per heavy atom. The third-order valence-corrected chi connectivity index (χ3v) is 1.46. The highest BCUT2D eigenvalue weighted by Crippen LogP contribution is 2.08. The normalized spacial score (nSPS) is 9.27. The van der Waals surface area contributed by atoms with Crippen LogP contribution in [0, 0.1) is 0 Å². The molecule has 0 saturated heterocycles. The van der Waals surface area contributed by atoms with Gasteiger partial charge in [-0.1, -0.05) is 19.8 Å². The van der Waals surface area contributed by atoms with Crippen LogP contribution in [-0.2, 0) is 8.92 Å². The van der Waals surface area contributed by atoms with Crippen molar-refractivity contribution in [1.29, 1.82) is 0 Å². The van der Waals surface area contributed by atoms with E-state index in [2.05, 4.69) is 15.8 Å². The average Bonchev–Trinajstić information content (AvgIpc) is 1.99. The number of halogens is 1. The maximum Gasteiger partial charge on any atom is 0.521 e. The van der Waals surface area contributed by atoms with Gasteiger partial charge in [0.05, 0.1) is 6.61 Å². The monoisotopic (exact) mass is 198 g/mol. The lowest BCUT2D eigenvalue weighted by molar-refractivity contribution is 0.105. The lowest BCUT2D eigenvalue weighted by Gasteiger charge is -2.00. The van der Waals surface area contributed by atoms with Crippen LogP contribution in [0.1, 0.15) is 26.2 Å². The van der Waals surface area contributed by atoms with E-state index in [0.717, 1.165) is 19.3 Å². The molecule has 0 fully saturated rings. The summed E-state index contributed by atoms with van der Waals surface area (Å²) in [5.74, 6) is 0. The van der Waals surface area contributed by atoms with E-state index in [4.69, 9.17) is 10.7 Å². The van der Waals surface area contributed by atoms with E-state index in [0.29, 0.717) is 17.9 Å². The molecule has 5 heteroatoms. The van der Waals surface area contributed by atoms with Gasteiger partial charge in [0.15, 0.2) is 11.3 Å². The molecule has 0 heterocycles. The lowest BCUT2D eigenvalue weighted by atomic mass is 10.3. The molecule has 0 radical (unpaired) electrons. The first-order valence-corrected chi connectivity index (χ1v) is 5.00. The molecule has 11 heavy (non-hydrogen) atoms. The molecule has 0 unspecified atom stereocenters. The summed E-state index contributed by atoms with van der Waals surface area (Å²) in [4.78, 5) is 10.5. The van der Waals surface area contributed by atoms with Crippen molar-refractivity contribution in [3.05, 3.63) is 0 Å². The second-order valence-electron chi connectivity index (χ2n) is 1.95. The third kappa shape index (κ3) is 7.81. The molecule has 0 rings (SSSR count). The van der Waals surface area contributed by atoms with Gasteiger partial charge in [-0.25, -0.2) is 4.79 Å². The number of unbranched alkanes of at least 4 members (excludes halogenated alkanes) is 2. The van der Waals surface area contributed by atoms with Crippen molar-refractivity contribution >= 4 is 28.1 Å². The number of ether oxygens (including phenoxy) is 1. The largest absolute Gasteiger partial charge is 0.521 e. The van der Waals surface area contributed by atoms with E-state index >= 15 is 0 Å². The highest BCUT2D eigenvalue weighted by molar-refractivity contribution is 8.17. The molecule has 3 nitrogen and oxygen atoms in total. The molecule has 0 aliphatic heterocycles. The van der Waals surface area contributed by atoms with Gasteiger partial charge >= 0.3 is 6.16 Å². The van der Waals surface area contributed by atoms with Gasteiger partial charge in [-0.2, -0.15) is 0 Å². The number of rotatable bonds is 5. The predicted molar refractivity (Wildman–Crippen MR) is 45.4 cm³/mol. The minimum absolute atomic E-state index is 0.407. The third-order valence-electron chi connectivity index (χ3n) is 1.07. The van der Waals surface area contributed by atoms with Crippen molar-refractivity contribution in [2.24, 2.45) is 0 Å². The SMILES string of the molecule is CCCCCOC(=O)OSCl. The minimum Gasteiger partial charge on any atom is -0.434 e. The van der Waals surface area contributed by atoms with Gasteiger partial charge < -0.3 is 8.92 Å². The second kappa shape index (κ2) is 8.01. The van der Waals surface area contributed by atoms with E-state index in [9.17, 15) is 4.79 Å². The number of hydrogen-bond acceptors (Lipinski definition) is 4. The molecule has 0 bridgehead atoms.